The number of hydrogen-bond acceptors (Lipinski definition) is 7. The van der Waals surface area contributed by atoms with Crippen molar-refractivity contribution in [1.82, 2.24) is 9.91 Å². The number of cyclic esters (lactones) is 1. The fraction of sp³-hybridized carbons (Fsp3) is 0.571. The number of azide groups is 1. The van der Waals surface area contributed by atoms with E-state index in [9.17, 15) is 18.8 Å². The maximum absolute atomic E-state index is 14.8. The molecule has 0 spiro atoms. The largest absolute Gasteiger partial charge is 0.511 e. The van der Waals surface area contributed by atoms with E-state index in [1.807, 2.05) is 0 Å². The number of rotatable bonds is 5. The first kappa shape index (κ1) is 24.9. The van der Waals surface area contributed by atoms with Crippen LogP contribution in [0.4, 0.5) is 25.4 Å². The molecule has 3 amide bonds. The van der Waals surface area contributed by atoms with Crippen LogP contribution in [-0.2, 0) is 14.3 Å². The fourth-order valence-corrected chi connectivity index (χ4v) is 3.66. The number of amides is 3. The summed E-state index contributed by atoms with van der Waals surface area (Å²) in [6, 6.07) is 4.56. The van der Waals surface area contributed by atoms with Crippen LogP contribution in [0.3, 0.4) is 0 Å². The highest BCUT2D eigenvalue weighted by Crippen LogP contribution is 2.28. The van der Waals surface area contributed by atoms with Gasteiger partial charge in [-0.1, -0.05) is 0 Å². The molecule has 1 aromatic rings. The third-order valence-corrected chi connectivity index (χ3v) is 5.22. The maximum atomic E-state index is 14.8. The van der Waals surface area contributed by atoms with Crippen molar-refractivity contribution in [2.24, 2.45) is 5.22 Å². The molecule has 2 fully saturated rings. The fourth-order valence-electron chi connectivity index (χ4n) is 3.66. The molecule has 0 unspecified atom stereocenters. The van der Waals surface area contributed by atoms with Gasteiger partial charge in [0.2, 0.25) is 0 Å². The molecule has 0 saturated carbocycles. The number of carbonyl (C=O) groups excluding carboxylic acids is 3. The van der Waals surface area contributed by atoms with Crippen molar-refractivity contribution in [3.05, 3.63) is 34.5 Å². The van der Waals surface area contributed by atoms with Gasteiger partial charge >= 0.3 is 12.2 Å². The summed E-state index contributed by atoms with van der Waals surface area (Å²) in [5.74, 6) is -0.903. The third kappa shape index (κ3) is 5.98. The number of hydrogen-bond donors (Lipinski definition) is 0. The van der Waals surface area contributed by atoms with Gasteiger partial charge < -0.3 is 19.3 Å². The lowest BCUT2D eigenvalue weighted by Gasteiger charge is -2.36. The minimum atomic E-state index is -0.921. The van der Waals surface area contributed by atoms with Gasteiger partial charge in [0.1, 0.15) is 17.5 Å². The molecule has 3 rings (SSSR count). The molecule has 2 aliphatic heterocycles. The quantitative estimate of drug-likeness (QED) is 0.277. The van der Waals surface area contributed by atoms with Gasteiger partial charge in [0, 0.05) is 26.2 Å². The summed E-state index contributed by atoms with van der Waals surface area (Å²) in [5, 5.41) is 3.90. The summed E-state index contributed by atoms with van der Waals surface area (Å²) in [6.45, 7) is 7.92. The van der Waals surface area contributed by atoms with E-state index in [2.05, 4.69) is 10.1 Å². The summed E-state index contributed by atoms with van der Waals surface area (Å²) < 4.78 is 25.1. The van der Waals surface area contributed by atoms with E-state index in [1.54, 1.807) is 44.7 Å². The molecule has 2 aliphatic rings. The molecule has 12 nitrogen and oxygen atoms in total. The summed E-state index contributed by atoms with van der Waals surface area (Å²) in [5.41, 5.74) is 8.69. The van der Waals surface area contributed by atoms with Crippen LogP contribution in [0.2, 0.25) is 0 Å². The Morgan fingerprint density at radius 2 is 1.97 bits per heavy atom. The Balaban J connectivity index is 1.59. The van der Waals surface area contributed by atoms with Gasteiger partial charge in [-0.2, -0.15) is 9.71 Å². The minimum absolute atomic E-state index is 0.258. The average Bonchev–Trinajstić information content (AvgIpc) is 3.10. The smallest absolute Gasteiger partial charge is 0.444 e. The Hall–Kier alpha value is -3.73. The molecule has 0 radical (unpaired) electrons. The van der Waals surface area contributed by atoms with Crippen molar-refractivity contribution in [2.45, 2.75) is 39.4 Å². The highest BCUT2D eigenvalue weighted by Gasteiger charge is 2.32. The number of ether oxygens (including phenoxy) is 2. The van der Waals surface area contributed by atoms with Gasteiger partial charge in [-0.3, -0.25) is 9.69 Å². The van der Waals surface area contributed by atoms with E-state index in [1.165, 1.54) is 15.9 Å². The van der Waals surface area contributed by atoms with Crippen LogP contribution in [0.25, 0.3) is 10.4 Å². The van der Waals surface area contributed by atoms with E-state index >= 15 is 0 Å². The van der Waals surface area contributed by atoms with Crippen LogP contribution in [0.15, 0.2) is 23.4 Å². The molecule has 0 bridgehead atoms. The molecule has 0 aliphatic carbocycles. The predicted octanol–water partition coefficient (Wildman–Crippen LogP) is 3.28. The second kappa shape index (κ2) is 10.0. The molecule has 13 heteroatoms. The summed E-state index contributed by atoms with van der Waals surface area (Å²) in [4.78, 5) is 44.0. The second-order valence-electron chi connectivity index (χ2n) is 9.03. The second-order valence-corrected chi connectivity index (χ2v) is 9.03. The molecule has 2 saturated heterocycles. The summed E-state index contributed by atoms with van der Waals surface area (Å²) in [7, 11) is 0. The van der Waals surface area contributed by atoms with Crippen molar-refractivity contribution in [2.75, 3.05) is 49.1 Å². The monoisotopic (exact) mass is 477 g/mol. The Morgan fingerprint density at radius 1 is 1.29 bits per heavy atom. The molecule has 0 aromatic heterocycles. The first-order valence-electron chi connectivity index (χ1n) is 10.8. The van der Waals surface area contributed by atoms with Crippen molar-refractivity contribution < 1.29 is 28.2 Å². The average molecular weight is 477 g/mol. The topological polar surface area (TPSA) is 131 Å². The lowest BCUT2D eigenvalue weighted by molar-refractivity contribution is -0.132. The van der Waals surface area contributed by atoms with E-state index in [-0.39, 0.29) is 19.2 Å². The number of halogens is 1. The molecule has 2 heterocycles. The predicted molar refractivity (Wildman–Crippen MR) is 121 cm³/mol. The third-order valence-electron chi connectivity index (χ3n) is 5.22. The normalized spacial score (nSPS) is 18.3. The molecular formula is C21H28FN7O5. The SMILES string of the molecule is C[C@H]1CN(c2ccc(N3CCN(C(=O)CN(N=[N+]=[N-])C(=O)OC(C)(C)C)CC3)c(F)c2)C(=O)O1. The molecule has 184 valence electrons. The zero-order chi connectivity index (χ0) is 25.0. The maximum Gasteiger partial charge on any atom is 0.511 e. The number of benzene rings is 1. The Morgan fingerprint density at radius 3 is 2.50 bits per heavy atom. The zero-order valence-corrected chi connectivity index (χ0v) is 19.6. The number of nitrogens with zero attached hydrogens (tertiary/aromatic N) is 7. The molecule has 0 N–H and O–H groups in total. The van der Waals surface area contributed by atoms with Crippen molar-refractivity contribution in [1.29, 1.82) is 0 Å². The van der Waals surface area contributed by atoms with Gasteiger partial charge in [0.15, 0.2) is 6.54 Å². The minimum Gasteiger partial charge on any atom is -0.444 e. The van der Waals surface area contributed by atoms with Crippen molar-refractivity contribution in [3.8, 4) is 0 Å². The van der Waals surface area contributed by atoms with E-state index in [0.29, 0.717) is 36.0 Å². The molecule has 34 heavy (non-hydrogen) atoms. The number of piperazine rings is 1. The van der Waals surface area contributed by atoms with Gasteiger partial charge in [-0.05, 0) is 51.1 Å². The van der Waals surface area contributed by atoms with Gasteiger partial charge in [-0.15, -0.1) is 10.5 Å². The highest BCUT2D eigenvalue weighted by molar-refractivity contribution is 5.90. The lowest BCUT2D eigenvalue weighted by Crippen LogP contribution is -2.51. The van der Waals surface area contributed by atoms with Gasteiger partial charge in [0.05, 0.1) is 17.9 Å². The van der Waals surface area contributed by atoms with Gasteiger partial charge in [-0.25, -0.2) is 9.18 Å². The van der Waals surface area contributed by atoms with Crippen LogP contribution < -0.4 is 9.80 Å². The first-order chi connectivity index (χ1) is 16.0. The molecular weight excluding hydrogens is 449 g/mol. The Labute approximate surface area is 196 Å². The van der Waals surface area contributed by atoms with Crippen molar-refractivity contribution in [3.63, 3.8) is 0 Å². The Bertz CT molecular complexity index is 1000. The standard InChI is InChI=1S/C21H28FN7O5/c1-14-12-28(19(31)33-14)15-5-6-17(16(22)11-15)26-7-9-27(10-8-26)18(30)13-29(25-24-23)20(32)34-21(2,3)4/h5-6,11,14H,7-10,12-13H2,1-4H3/t14-/m0/s1. The molecule has 1 atom stereocenters. The first-order valence-corrected chi connectivity index (χ1v) is 10.8. The van der Waals surface area contributed by atoms with Crippen LogP contribution in [-0.4, -0.2) is 79.0 Å². The summed E-state index contributed by atoms with van der Waals surface area (Å²) in [6.07, 6.45) is -1.69. The van der Waals surface area contributed by atoms with Crippen LogP contribution in [0.5, 0.6) is 0 Å². The van der Waals surface area contributed by atoms with E-state index < -0.39 is 36.1 Å². The highest BCUT2D eigenvalue weighted by atomic mass is 19.1. The van der Waals surface area contributed by atoms with Crippen LogP contribution in [0, 0.1) is 5.82 Å². The number of carbonyl (C=O) groups is 3. The van der Waals surface area contributed by atoms with Crippen LogP contribution in [0.1, 0.15) is 27.7 Å². The summed E-state index contributed by atoms with van der Waals surface area (Å²) >= 11 is 0. The van der Waals surface area contributed by atoms with Gasteiger partial charge in [0.25, 0.3) is 5.91 Å². The lowest BCUT2D eigenvalue weighted by atomic mass is 10.2. The van der Waals surface area contributed by atoms with E-state index in [0.717, 1.165) is 0 Å². The van der Waals surface area contributed by atoms with Crippen molar-refractivity contribution >= 4 is 29.5 Å². The molecule has 1 aromatic carbocycles. The Kier molecular flexibility index (Phi) is 7.35. The van der Waals surface area contributed by atoms with E-state index in [4.69, 9.17) is 15.0 Å². The zero-order valence-electron chi connectivity index (χ0n) is 19.6. The van der Waals surface area contributed by atoms with Crippen LogP contribution >= 0.6 is 0 Å². The number of anilines is 2.